The number of hydrogen-bond donors (Lipinski definition) is 0. The van der Waals surface area contributed by atoms with Gasteiger partial charge in [0.15, 0.2) is 11.4 Å². The van der Waals surface area contributed by atoms with Gasteiger partial charge in [0, 0.05) is 35.3 Å². The topological polar surface area (TPSA) is 73.4 Å². The van der Waals surface area contributed by atoms with Gasteiger partial charge in [-0.2, -0.15) is 10.5 Å². The maximum absolute atomic E-state index is 9.22. The third-order valence-electron chi connectivity index (χ3n) is 3.74. The van der Waals surface area contributed by atoms with Crippen molar-refractivity contribution in [2.45, 2.75) is 0 Å². The Hall–Kier alpha value is -1.80. The van der Waals surface area contributed by atoms with E-state index in [1.807, 2.05) is 30.3 Å². The lowest BCUT2D eigenvalue weighted by Gasteiger charge is -2.08. The SMILES string of the molecule is N#Cc1nc2c(nc1C#N)-c1c(Br)cc(Br)c3c(Br)ccc-2c13. The molecule has 0 bridgehead atoms. The zero-order valence-electron chi connectivity index (χ0n) is 11.2. The molecule has 3 aromatic rings. The van der Waals surface area contributed by atoms with Gasteiger partial charge in [-0.25, -0.2) is 9.97 Å². The van der Waals surface area contributed by atoms with Crippen LogP contribution in [0.4, 0.5) is 0 Å². The Kier molecular flexibility index (Phi) is 3.28. The molecule has 0 spiro atoms. The van der Waals surface area contributed by atoms with Gasteiger partial charge in [-0.3, -0.25) is 0 Å². The summed E-state index contributed by atoms with van der Waals surface area (Å²) >= 11 is 10.7. The van der Waals surface area contributed by atoms with Crippen LogP contribution in [-0.4, -0.2) is 9.97 Å². The highest BCUT2D eigenvalue weighted by atomic mass is 79.9. The molecular formula is C16H3Br3N4. The first-order valence-corrected chi connectivity index (χ1v) is 8.78. The number of fused-ring (bicyclic) bond motifs is 3. The van der Waals surface area contributed by atoms with Crippen molar-refractivity contribution in [3.8, 4) is 34.7 Å². The van der Waals surface area contributed by atoms with Crippen LogP contribution in [0.3, 0.4) is 0 Å². The van der Waals surface area contributed by atoms with Gasteiger partial charge in [-0.05, 0) is 12.1 Å². The van der Waals surface area contributed by atoms with E-state index in [0.717, 1.165) is 35.3 Å². The lowest BCUT2D eigenvalue weighted by atomic mass is 10.0. The summed E-state index contributed by atoms with van der Waals surface area (Å²) in [4.78, 5) is 8.78. The number of benzene rings is 2. The van der Waals surface area contributed by atoms with Gasteiger partial charge in [-0.15, -0.1) is 0 Å². The number of nitrogens with zero attached hydrogens (tertiary/aromatic N) is 4. The molecule has 0 amide bonds. The number of nitriles is 2. The zero-order chi connectivity index (χ0) is 16.3. The van der Waals surface area contributed by atoms with Crippen LogP contribution in [0.5, 0.6) is 0 Å². The van der Waals surface area contributed by atoms with E-state index in [-0.39, 0.29) is 11.4 Å². The molecule has 0 unspecified atom stereocenters. The van der Waals surface area contributed by atoms with Gasteiger partial charge in [0.2, 0.25) is 0 Å². The van der Waals surface area contributed by atoms with Crippen LogP contribution in [-0.2, 0) is 0 Å². The average Bonchev–Trinajstić information content (AvgIpc) is 2.85. The van der Waals surface area contributed by atoms with E-state index in [1.54, 1.807) is 0 Å². The van der Waals surface area contributed by atoms with Gasteiger partial charge in [-0.1, -0.05) is 53.9 Å². The lowest BCUT2D eigenvalue weighted by Crippen LogP contribution is -1.97. The summed E-state index contributed by atoms with van der Waals surface area (Å²) in [6, 6.07) is 9.74. The fourth-order valence-corrected chi connectivity index (χ4v) is 5.20. The van der Waals surface area contributed by atoms with E-state index >= 15 is 0 Å². The van der Waals surface area contributed by atoms with Crippen molar-refractivity contribution in [3.05, 3.63) is 43.0 Å². The molecule has 1 aliphatic rings. The molecule has 0 aliphatic heterocycles. The van der Waals surface area contributed by atoms with Crippen molar-refractivity contribution in [2.24, 2.45) is 0 Å². The van der Waals surface area contributed by atoms with Gasteiger partial charge in [0.25, 0.3) is 0 Å². The molecule has 0 saturated heterocycles. The predicted molar refractivity (Wildman–Crippen MR) is 96.5 cm³/mol. The molecule has 4 rings (SSSR count). The van der Waals surface area contributed by atoms with Crippen molar-refractivity contribution in [3.63, 3.8) is 0 Å². The maximum Gasteiger partial charge on any atom is 0.177 e. The van der Waals surface area contributed by atoms with Crippen molar-refractivity contribution in [1.82, 2.24) is 9.97 Å². The van der Waals surface area contributed by atoms with E-state index in [9.17, 15) is 10.5 Å². The number of rotatable bonds is 0. The Morgan fingerprint density at radius 2 is 1.43 bits per heavy atom. The zero-order valence-corrected chi connectivity index (χ0v) is 15.9. The third kappa shape index (κ3) is 1.91. The summed E-state index contributed by atoms with van der Waals surface area (Å²) in [6.07, 6.45) is 0. The molecular weight excluding hydrogens is 488 g/mol. The second kappa shape index (κ2) is 5.10. The molecule has 1 aromatic heterocycles. The molecule has 0 N–H and O–H groups in total. The Morgan fingerprint density at radius 1 is 0.783 bits per heavy atom. The first-order chi connectivity index (χ1) is 11.1. The molecule has 108 valence electrons. The minimum atomic E-state index is 0.0427. The van der Waals surface area contributed by atoms with Crippen LogP contribution >= 0.6 is 47.8 Å². The molecule has 0 fully saturated rings. The molecule has 1 aliphatic carbocycles. The fraction of sp³-hybridized carbons (Fsp3) is 0. The second-order valence-corrected chi connectivity index (χ2v) is 7.46. The Morgan fingerprint density at radius 3 is 2.09 bits per heavy atom. The molecule has 0 saturated carbocycles. The first-order valence-electron chi connectivity index (χ1n) is 6.40. The molecule has 4 nitrogen and oxygen atoms in total. The summed E-state index contributed by atoms with van der Waals surface area (Å²) in [5, 5.41) is 20.4. The van der Waals surface area contributed by atoms with Crippen molar-refractivity contribution >= 4 is 58.6 Å². The van der Waals surface area contributed by atoms with E-state index in [2.05, 4.69) is 57.8 Å². The number of hydrogen-bond acceptors (Lipinski definition) is 4. The Labute approximate surface area is 156 Å². The van der Waals surface area contributed by atoms with Crippen LogP contribution < -0.4 is 0 Å². The summed E-state index contributed by atoms with van der Waals surface area (Å²) in [5.41, 5.74) is 3.14. The van der Waals surface area contributed by atoms with Crippen LogP contribution in [0.15, 0.2) is 31.6 Å². The maximum atomic E-state index is 9.22. The summed E-state index contributed by atoms with van der Waals surface area (Å²) in [5.74, 6) is 0. The predicted octanol–water partition coefficient (Wildman–Crippen LogP) is 5.31. The minimum Gasteiger partial charge on any atom is -0.232 e. The van der Waals surface area contributed by atoms with Crippen molar-refractivity contribution in [2.75, 3.05) is 0 Å². The van der Waals surface area contributed by atoms with Gasteiger partial charge in [0.05, 0.1) is 5.69 Å². The number of halogens is 3. The highest BCUT2D eigenvalue weighted by Gasteiger charge is 2.29. The smallest absolute Gasteiger partial charge is 0.177 e. The van der Waals surface area contributed by atoms with Crippen LogP contribution in [0.25, 0.3) is 33.3 Å². The minimum absolute atomic E-state index is 0.0427. The van der Waals surface area contributed by atoms with Gasteiger partial charge < -0.3 is 0 Å². The van der Waals surface area contributed by atoms with E-state index in [0.29, 0.717) is 11.4 Å². The number of aromatic nitrogens is 2. The highest BCUT2D eigenvalue weighted by molar-refractivity contribution is 9.11. The Bertz CT molecular complexity index is 1120. The third-order valence-corrected chi connectivity index (χ3v) is 5.65. The second-order valence-electron chi connectivity index (χ2n) is 4.90. The van der Waals surface area contributed by atoms with Crippen LogP contribution in [0, 0.1) is 22.7 Å². The van der Waals surface area contributed by atoms with Crippen molar-refractivity contribution in [1.29, 1.82) is 10.5 Å². The molecule has 0 atom stereocenters. The lowest BCUT2D eigenvalue weighted by molar-refractivity contribution is 1.15. The highest BCUT2D eigenvalue weighted by Crippen LogP contribution is 2.52. The van der Waals surface area contributed by atoms with Crippen LogP contribution in [0.1, 0.15) is 11.4 Å². The molecule has 0 radical (unpaired) electrons. The molecule has 1 heterocycles. The largest absolute Gasteiger partial charge is 0.232 e. The monoisotopic (exact) mass is 488 g/mol. The first kappa shape index (κ1) is 14.8. The normalized spacial score (nSPS) is 11.2. The van der Waals surface area contributed by atoms with Gasteiger partial charge in [0.1, 0.15) is 17.8 Å². The van der Waals surface area contributed by atoms with Gasteiger partial charge >= 0.3 is 0 Å². The molecule has 7 heteroatoms. The summed E-state index contributed by atoms with van der Waals surface area (Å²) in [6.45, 7) is 0. The van der Waals surface area contributed by atoms with Crippen LogP contribution in [0.2, 0.25) is 0 Å². The quantitative estimate of drug-likeness (QED) is 0.335. The summed E-state index contributed by atoms with van der Waals surface area (Å²) < 4.78 is 2.74. The average molecular weight is 491 g/mol. The van der Waals surface area contributed by atoms with E-state index < -0.39 is 0 Å². The molecule has 2 aromatic carbocycles. The fourth-order valence-electron chi connectivity index (χ4n) is 2.83. The standard InChI is InChI=1S/C16H3Br3N4/c17-7-2-1-6-12-13(7)8(18)3-9(19)14(12)16-15(6)22-10(4-20)11(5-21)23-16/h1-3H. The Balaban J connectivity index is 2.26. The summed E-state index contributed by atoms with van der Waals surface area (Å²) in [7, 11) is 0. The van der Waals surface area contributed by atoms with E-state index in [1.165, 1.54) is 0 Å². The van der Waals surface area contributed by atoms with E-state index in [4.69, 9.17) is 0 Å². The molecule has 23 heavy (non-hydrogen) atoms. The van der Waals surface area contributed by atoms with Crippen molar-refractivity contribution < 1.29 is 0 Å².